The highest BCUT2D eigenvalue weighted by atomic mass is 32.1. The van der Waals surface area contributed by atoms with Crippen molar-refractivity contribution in [3.05, 3.63) is 30.5 Å². The van der Waals surface area contributed by atoms with Gasteiger partial charge in [-0.15, -0.1) is 11.3 Å². The van der Waals surface area contributed by atoms with Crippen LogP contribution in [0, 0.1) is 0 Å². The van der Waals surface area contributed by atoms with E-state index in [0.29, 0.717) is 43.5 Å². The number of carbonyl (C=O) groups excluding carboxylic acids is 2. The number of fused-ring (bicyclic) bond motifs is 2. The lowest BCUT2D eigenvalue weighted by atomic mass is 10.1. The van der Waals surface area contributed by atoms with Gasteiger partial charge >= 0.3 is 0 Å². The van der Waals surface area contributed by atoms with Crippen LogP contribution in [0.25, 0.3) is 32.5 Å². The molecule has 1 fully saturated rings. The fourth-order valence-corrected chi connectivity index (χ4v) is 4.95. The van der Waals surface area contributed by atoms with Crippen molar-refractivity contribution in [1.29, 1.82) is 0 Å². The molecule has 0 spiro atoms. The van der Waals surface area contributed by atoms with Crippen LogP contribution in [0.15, 0.2) is 30.5 Å². The number of benzene rings is 1. The van der Waals surface area contributed by atoms with Crippen LogP contribution >= 0.6 is 11.3 Å². The second-order valence-electron chi connectivity index (χ2n) is 7.87. The number of thiophene rings is 1. The highest BCUT2D eigenvalue weighted by molar-refractivity contribution is 7.23. The minimum atomic E-state index is -0.514. The van der Waals surface area contributed by atoms with E-state index < -0.39 is 5.91 Å². The number of aromatic nitrogens is 4. The Kier molecular flexibility index (Phi) is 6.34. The highest BCUT2D eigenvalue weighted by Crippen LogP contribution is 2.38. The average Bonchev–Trinajstić information content (AvgIpc) is 3.50. The summed E-state index contributed by atoms with van der Waals surface area (Å²) in [7, 11) is 0. The lowest BCUT2D eigenvalue weighted by molar-refractivity contribution is -0.129. The fraction of sp³-hybridized carbons (Fsp3) is 0.318. The third-order valence-electron chi connectivity index (χ3n) is 5.59. The van der Waals surface area contributed by atoms with Crippen LogP contribution in [0.2, 0.25) is 0 Å². The van der Waals surface area contributed by atoms with Crippen LogP contribution < -0.4 is 15.7 Å². The van der Waals surface area contributed by atoms with Gasteiger partial charge in [0.2, 0.25) is 11.8 Å². The number of hydroxylamine groups is 1. The van der Waals surface area contributed by atoms with Gasteiger partial charge in [-0.1, -0.05) is 12.1 Å². The van der Waals surface area contributed by atoms with Crippen LogP contribution in [-0.2, 0) is 14.3 Å². The zero-order chi connectivity index (χ0) is 23.5. The molecule has 11 nitrogen and oxygen atoms in total. The summed E-state index contributed by atoms with van der Waals surface area (Å²) in [5.74, 6) is 0.683. The summed E-state index contributed by atoms with van der Waals surface area (Å²) in [5.41, 5.74) is 4.09. The van der Waals surface area contributed by atoms with Crippen LogP contribution in [0.3, 0.4) is 0 Å². The summed E-state index contributed by atoms with van der Waals surface area (Å²) in [6.45, 7) is 2.67. The monoisotopic (exact) mass is 481 g/mol. The number of H-pyrrole nitrogens is 1. The molecular formula is C22H23N7O4S. The zero-order valence-electron chi connectivity index (χ0n) is 18.2. The summed E-state index contributed by atoms with van der Waals surface area (Å²) >= 11 is 1.42. The lowest BCUT2D eigenvalue weighted by Gasteiger charge is -2.28. The minimum absolute atomic E-state index is 0.0753. The van der Waals surface area contributed by atoms with Crippen molar-refractivity contribution in [2.45, 2.75) is 19.3 Å². The Morgan fingerprint density at radius 2 is 2.00 bits per heavy atom. The first kappa shape index (κ1) is 22.2. The van der Waals surface area contributed by atoms with Gasteiger partial charge in [0.05, 0.1) is 40.1 Å². The molecule has 5 rings (SSSR count). The summed E-state index contributed by atoms with van der Waals surface area (Å²) in [5, 5.41) is 20.2. The van der Waals surface area contributed by atoms with Crippen LogP contribution in [0.4, 0.5) is 10.8 Å². The smallest absolute Gasteiger partial charge is 0.243 e. The summed E-state index contributed by atoms with van der Waals surface area (Å²) in [6, 6.07) is 7.71. The predicted octanol–water partition coefficient (Wildman–Crippen LogP) is 2.69. The van der Waals surface area contributed by atoms with Crippen molar-refractivity contribution < 1.29 is 19.5 Å². The highest BCUT2D eigenvalue weighted by Gasteiger charge is 2.21. The molecule has 1 aliphatic heterocycles. The molecule has 0 bridgehead atoms. The van der Waals surface area contributed by atoms with E-state index in [1.807, 2.05) is 24.3 Å². The maximum atomic E-state index is 12.4. The van der Waals surface area contributed by atoms with Gasteiger partial charge in [-0.05, 0) is 18.6 Å². The van der Waals surface area contributed by atoms with Gasteiger partial charge in [0, 0.05) is 36.9 Å². The number of ether oxygens (including phenoxy) is 1. The molecule has 0 atom stereocenters. The molecule has 3 aromatic heterocycles. The summed E-state index contributed by atoms with van der Waals surface area (Å²) in [6.07, 6.45) is 2.34. The predicted molar refractivity (Wildman–Crippen MR) is 128 cm³/mol. The van der Waals surface area contributed by atoms with E-state index in [0.717, 1.165) is 32.5 Å². The molecule has 4 aromatic rings. The molecule has 1 aliphatic rings. The van der Waals surface area contributed by atoms with Crippen molar-refractivity contribution in [3.63, 3.8) is 0 Å². The van der Waals surface area contributed by atoms with Crippen molar-refractivity contribution in [1.82, 2.24) is 25.6 Å². The number of amides is 2. The number of anilines is 2. The molecule has 0 radical (unpaired) electrons. The number of nitrogens with one attached hydrogen (secondary N) is 3. The average molecular weight is 482 g/mol. The Morgan fingerprint density at radius 1 is 1.18 bits per heavy atom. The first-order chi connectivity index (χ1) is 16.6. The number of aromatic amines is 1. The van der Waals surface area contributed by atoms with Gasteiger partial charge in [-0.2, -0.15) is 5.10 Å². The van der Waals surface area contributed by atoms with Gasteiger partial charge in [-0.25, -0.2) is 15.4 Å². The van der Waals surface area contributed by atoms with E-state index in [1.165, 1.54) is 11.3 Å². The van der Waals surface area contributed by atoms with Gasteiger partial charge in [0.1, 0.15) is 0 Å². The normalized spacial score (nSPS) is 14.0. The van der Waals surface area contributed by atoms with Crippen molar-refractivity contribution in [2.24, 2.45) is 0 Å². The summed E-state index contributed by atoms with van der Waals surface area (Å²) in [4.78, 5) is 35.5. The maximum Gasteiger partial charge on any atom is 0.243 e. The van der Waals surface area contributed by atoms with E-state index in [9.17, 15) is 9.59 Å². The molecule has 1 saturated heterocycles. The van der Waals surface area contributed by atoms with Crippen molar-refractivity contribution in [2.75, 3.05) is 36.5 Å². The van der Waals surface area contributed by atoms with Crippen LogP contribution in [-0.4, -0.2) is 63.5 Å². The first-order valence-electron chi connectivity index (χ1n) is 10.9. The third kappa shape index (κ3) is 4.55. The number of hydrogen-bond acceptors (Lipinski definition) is 9. The van der Waals surface area contributed by atoms with Gasteiger partial charge in [-0.3, -0.25) is 19.9 Å². The molecular weight excluding hydrogens is 458 g/mol. The van der Waals surface area contributed by atoms with E-state index in [2.05, 4.69) is 20.4 Å². The number of nitrogens with zero attached hydrogens (tertiary/aromatic N) is 4. The molecule has 0 unspecified atom stereocenters. The Morgan fingerprint density at radius 3 is 2.82 bits per heavy atom. The Balaban J connectivity index is 1.48. The van der Waals surface area contributed by atoms with E-state index in [1.54, 1.807) is 11.7 Å². The Labute approximate surface area is 198 Å². The number of morpholine rings is 1. The summed E-state index contributed by atoms with van der Waals surface area (Å²) < 4.78 is 6.41. The van der Waals surface area contributed by atoms with E-state index >= 15 is 0 Å². The number of rotatable bonds is 7. The maximum absolute atomic E-state index is 12.4. The van der Waals surface area contributed by atoms with Crippen LogP contribution in [0.5, 0.6) is 0 Å². The molecule has 4 heterocycles. The molecule has 0 aliphatic carbocycles. The molecule has 0 saturated carbocycles. The largest absolute Gasteiger partial charge is 0.378 e. The van der Waals surface area contributed by atoms with E-state index in [-0.39, 0.29) is 18.7 Å². The Hall–Kier alpha value is -3.61. The molecule has 1 aromatic carbocycles. The SMILES string of the molecule is O=C(CCCC(=O)Nc1cc2nc(-c3cccc4[nH]ncc34)nc(N3CCOCC3)c2s1)NO. The second kappa shape index (κ2) is 9.71. The van der Waals surface area contributed by atoms with Crippen LogP contribution in [0.1, 0.15) is 19.3 Å². The first-order valence-corrected chi connectivity index (χ1v) is 11.7. The van der Waals surface area contributed by atoms with Crippen molar-refractivity contribution >= 4 is 55.1 Å². The molecule has 2 amide bonds. The topological polar surface area (TPSA) is 145 Å². The Bertz CT molecular complexity index is 1350. The molecule has 12 heteroatoms. The zero-order valence-corrected chi connectivity index (χ0v) is 19.0. The van der Waals surface area contributed by atoms with Gasteiger partial charge in [0.15, 0.2) is 11.6 Å². The quantitative estimate of drug-likeness (QED) is 0.233. The number of hydrogen-bond donors (Lipinski definition) is 4. The van der Waals surface area contributed by atoms with Gasteiger partial charge < -0.3 is 15.0 Å². The second-order valence-corrected chi connectivity index (χ2v) is 8.92. The molecule has 34 heavy (non-hydrogen) atoms. The molecule has 4 N–H and O–H groups in total. The number of carbonyl (C=O) groups is 2. The van der Waals surface area contributed by atoms with Gasteiger partial charge in [0.25, 0.3) is 0 Å². The lowest BCUT2D eigenvalue weighted by Crippen LogP contribution is -2.36. The molecule has 176 valence electrons. The van der Waals surface area contributed by atoms with Crippen molar-refractivity contribution in [3.8, 4) is 11.4 Å². The third-order valence-corrected chi connectivity index (χ3v) is 6.62. The van der Waals surface area contributed by atoms with E-state index in [4.69, 9.17) is 19.9 Å². The minimum Gasteiger partial charge on any atom is -0.378 e. The standard InChI is InChI=1S/C22H23N7O4S/c30-17(5-2-6-18(31)28-32)25-19-11-16-20(34-19)22(29-7-9-33-10-8-29)26-21(24-16)13-3-1-4-15-14(13)12-23-27-15/h1,3-4,11-12,32H,2,5-10H2,(H,23,27)(H,25,30)(H,28,31). The fourth-order valence-electron chi connectivity index (χ4n) is 3.91.